The lowest BCUT2D eigenvalue weighted by Gasteiger charge is -2.34. The Labute approximate surface area is 238 Å². The number of carbonyl (C=O) groups excluding carboxylic acids is 1. The van der Waals surface area contributed by atoms with Crippen molar-refractivity contribution in [3.63, 3.8) is 0 Å². The normalized spacial score (nSPS) is 17.5. The smallest absolute Gasteiger partial charge is 0.335 e. The number of aryl methyl sites for hydroxylation is 1. The number of amides is 1. The summed E-state index contributed by atoms with van der Waals surface area (Å²) in [6.07, 6.45) is 1.09. The second-order valence-electron chi connectivity index (χ2n) is 10.7. The maximum absolute atomic E-state index is 13.2. The van der Waals surface area contributed by atoms with Gasteiger partial charge in [-0.3, -0.25) is 9.69 Å². The predicted molar refractivity (Wildman–Crippen MR) is 151 cm³/mol. The van der Waals surface area contributed by atoms with E-state index in [9.17, 15) is 14.7 Å². The molecule has 0 bridgehead atoms. The molecule has 2 aliphatic heterocycles. The summed E-state index contributed by atoms with van der Waals surface area (Å²) in [7, 11) is 0. The molecule has 0 radical (unpaired) electrons. The lowest BCUT2D eigenvalue weighted by atomic mass is 10.1. The third kappa shape index (κ3) is 5.71. The molecule has 1 N–H and O–H groups in total. The number of furan rings is 1. The van der Waals surface area contributed by atoms with E-state index in [4.69, 9.17) is 18.9 Å². The molecule has 4 aromatic rings. The van der Waals surface area contributed by atoms with Gasteiger partial charge in [0.1, 0.15) is 23.9 Å². The summed E-state index contributed by atoms with van der Waals surface area (Å²) in [5.74, 6) is 1.51. The Kier molecular flexibility index (Phi) is 7.51. The van der Waals surface area contributed by atoms with Crippen LogP contribution in [0, 0.1) is 13.8 Å². The number of aromatic nitrogens is 2. The first kappa shape index (κ1) is 27.0. The molecule has 2 aromatic carbocycles. The number of benzene rings is 2. The number of rotatable bonds is 9. The van der Waals surface area contributed by atoms with Crippen LogP contribution in [0.4, 0.5) is 0 Å². The number of aromatic carboxylic acids is 1. The molecule has 6 rings (SSSR count). The molecular formula is C31H34N4O6. The molecule has 2 aliphatic rings. The van der Waals surface area contributed by atoms with E-state index in [1.807, 2.05) is 36.9 Å². The second-order valence-corrected chi connectivity index (χ2v) is 10.7. The molecule has 1 amide bonds. The van der Waals surface area contributed by atoms with Crippen molar-refractivity contribution in [2.24, 2.45) is 0 Å². The van der Waals surface area contributed by atoms with Gasteiger partial charge in [-0.15, -0.1) is 0 Å². The highest BCUT2D eigenvalue weighted by Crippen LogP contribution is 2.25. The maximum atomic E-state index is 13.2. The van der Waals surface area contributed by atoms with Gasteiger partial charge in [0.15, 0.2) is 5.76 Å². The van der Waals surface area contributed by atoms with Crippen molar-refractivity contribution in [1.82, 2.24) is 19.4 Å². The van der Waals surface area contributed by atoms with Crippen molar-refractivity contribution in [1.29, 1.82) is 0 Å². The number of nitrogens with zero attached hydrogens (tertiary/aromatic N) is 4. The summed E-state index contributed by atoms with van der Waals surface area (Å²) in [5.41, 5.74) is 4.07. The highest BCUT2D eigenvalue weighted by molar-refractivity contribution is 5.92. The second kappa shape index (κ2) is 11.4. The van der Waals surface area contributed by atoms with E-state index in [0.29, 0.717) is 50.8 Å². The minimum absolute atomic E-state index is 0.110. The van der Waals surface area contributed by atoms with Crippen LogP contribution in [0.25, 0.3) is 11.0 Å². The van der Waals surface area contributed by atoms with Gasteiger partial charge in [0.05, 0.1) is 35.8 Å². The first-order valence-corrected chi connectivity index (χ1v) is 14.0. The minimum atomic E-state index is -0.959. The Balaban J connectivity index is 1.08. The topological polar surface area (TPSA) is 110 Å². The van der Waals surface area contributed by atoms with Crippen molar-refractivity contribution >= 4 is 22.9 Å². The Morgan fingerprint density at radius 3 is 2.61 bits per heavy atom. The molecule has 1 atom stereocenters. The predicted octanol–water partition coefficient (Wildman–Crippen LogP) is 4.27. The largest absolute Gasteiger partial charge is 0.485 e. The summed E-state index contributed by atoms with van der Waals surface area (Å²) in [6, 6.07) is 14.5. The number of fused-ring (bicyclic) bond motifs is 1. The fraction of sp³-hybridized carbons (Fsp3) is 0.387. The molecule has 10 heteroatoms. The van der Waals surface area contributed by atoms with Crippen LogP contribution in [0.1, 0.15) is 50.0 Å². The molecule has 214 valence electrons. The number of ether oxygens (including phenoxy) is 2. The van der Waals surface area contributed by atoms with Crippen molar-refractivity contribution in [2.45, 2.75) is 46.1 Å². The summed E-state index contributed by atoms with van der Waals surface area (Å²) in [5, 5.41) is 9.48. The zero-order chi connectivity index (χ0) is 28.5. The van der Waals surface area contributed by atoms with Crippen LogP contribution < -0.4 is 4.74 Å². The molecule has 4 heterocycles. The van der Waals surface area contributed by atoms with Crippen molar-refractivity contribution in [3.8, 4) is 5.75 Å². The Morgan fingerprint density at radius 1 is 1.07 bits per heavy atom. The Hall–Kier alpha value is -4.15. The Morgan fingerprint density at radius 2 is 1.88 bits per heavy atom. The average Bonchev–Trinajstić information content (AvgIpc) is 3.55. The van der Waals surface area contributed by atoms with Crippen LogP contribution in [0.2, 0.25) is 0 Å². The number of hydrogen-bond donors (Lipinski definition) is 1. The van der Waals surface area contributed by atoms with Gasteiger partial charge in [-0.2, -0.15) is 0 Å². The molecular weight excluding hydrogens is 524 g/mol. The molecule has 0 spiro atoms. The first-order chi connectivity index (χ1) is 19.9. The minimum Gasteiger partial charge on any atom is -0.485 e. The SMILES string of the molecule is Cc1cccc(OCc2ccc(C(=O)N3CCN(Cc4nc5ccc(C(=O)O)cc5n4CC4CCO4)CC3)o2)c1C. The molecule has 2 saturated heterocycles. The van der Waals surface area contributed by atoms with Crippen LogP contribution in [-0.4, -0.2) is 75.2 Å². The van der Waals surface area contributed by atoms with E-state index in [1.165, 1.54) is 0 Å². The van der Waals surface area contributed by atoms with E-state index < -0.39 is 5.97 Å². The fourth-order valence-electron chi connectivity index (χ4n) is 5.33. The van der Waals surface area contributed by atoms with E-state index in [2.05, 4.69) is 9.47 Å². The van der Waals surface area contributed by atoms with Gasteiger partial charge < -0.3 is 28.5 Å². The van der Waals surface area contributed by atoms with Gasteiger partial charge in [0, 0.05) is 32.8 Å². The van der Waals surface area contributed by atoms with Crippen LogP contribution in [0.5, 0.6) is 5.75 Å². The quantitative estimate of drug-likeness (QED) is 0.324. The number of imidazole rings is 1. The first-order valence-electron chi connectivity index (χ1n) is 14.0. The van der Waals surface area contributed by atoms with Crippen LogP contribution in [0.3, 0.4) is 0 Å². The lowest BCUT2D eigenvalue weighted by molar-refractivity contribution is -0.0592. The van der Waals surface area contributed by atoms with E-state index in [1.54, 1.807) is 30.3 Å². The molecule has 0 saturated carbocycles. The molecule has 1 unspecified atom stereocenters. The van der Waals surface area contributed by atoms with E-state index in [0.717, 1.165) is 46.8 Å². The number of carboxylic acids is 1. The third-order valence-electron chi connectivity index (χ3n) is 8.08. The van der Waals surface area contributed by atoms with Gasteiger partial charge >= 0.3 is 5.97 Å². The van der Waals surface area contributed by atoms with Gasteiger partial charge in [-0.05, 0) is 67.8 Å². The lowest BCUT2D eigenvalue weighted by Crippen LogP contribution is -2.48. The zero-order valence-corrected chi connectivity index (χ0v) is 23.3. The van der Waals surface area contributed by atoms with Crippen LogP contribution in [0.15, 0.2) is 52.9 Å². The monoisotopic (exact) mass is 558 g/mol. The summed E-state index contributed by atoms with van der Waals surface area (Å²) in [4.78, 5) is 33.7. The molecule has 41 heavy (non-hydrogen) atoms. The highest BCUT2D eigenvalue weighted by atomic mass is 16.5. The fourth-order valence-corrected chi connectivity index (χ4v) is 5.33. The summed E-state index contributed by atoms with van der Waals surface area (Å²) < 4.78 is 19.5. The molecule has 2 fully saturated rings. The van der Waals surface area contributed by atoms with E-state index >= 15 is 0 Å². The zero-order valence-electron chi connectivity index (χ0n) is 23.3. The van der Waals surface area contributed by atoms with Gasteiger partial charge in [-0.25, -0.2) is 9.78 Å². The summed E-state index contributed by atoms with van der Waals surface area (Å²) in [6.45, 7) is 8.85. The number of piperazine rings is 1. The van der Waals surface area contributed by atoms with Crippen molar-refractivity contribution in [3.05, 3.63) is 82.6 Å². The van der Waals surface area contributed by atoms with Gasteiger partial charge in [0.25, 0.3) is 5.91 Å². The highest BCUT2D eigenvalue weighted by Gasteiger charge is 2.27. The summed E-state index contributed by atoms with van der Waals surface area (Å²) >= 11 is 0. The molecule has 0 aliphatic carbocycles. The maximum Gasteiger partial charge on any atom is 0.335 e. The number of carbonyl (C=O) groups is 2. The van der Waals surface area contributed by atoms with Crippen LogP contribution >= 0.6 is 0 Å². The molecule has 2 aromatic heterocycles. The third-order valence-corrected chi connectivity index (χ3v) is 8.08. The molecule has 10 nitrogen and oxygen atoms in total. The standard InChI is InChI=1S/C31H34N4O6/c1-20-4-3-5-27(21(20)2)40-19-24-7-9-28(41-24)30(36)34-13-11-33(12-14-34)18-29-32-25-8-6-22(31(37)38)16-26(25)35(29)17-23-10-15-39-23/h3-9,16,23H,10-15,17-19H2,1-2H3,(H,37,38). The van der Waals surface area contributed by atoms with Crippen LogP contribution in [-0.2, 0) is 24.4 Å². The van der Waals surface area contributed by atoms with Gasteiger partial charge in [0.2, 0.25) is 0 Å². The van der Waals surface area contributed by atoms with Crippen molar-refractivity contribution in [2.75, 3.05) is 32.8 Å². The van der Waals surface area contributed by atoms with E-state index in [-0.39, 0.29) is 24.2 Å². The van der Waals surface area contributed by atoms with Crippen molar-refractivity contribution < 1.29 is 28.6 Å². The number of carboxylic acid groups (broad SMARTS) is 1. The van der Waals surface area contributed by atoms with Gasteiger partial charge in [-0.1, -0.05) is 12.1 Å². The average molecular weight is 559 g/mol. The Bertz CT molecular complexity index is 1580. The number of hydrogen-bond acceptors (Lipinski definition) is 7.